The average molecular weight is 412 g/mol. The molecule has 0 radical (unpaired) electrons. The molecular weight excluding hydrogens is 386 g/mol. The molecule has 6 nitrogen and oxygen atoms in total. The number of hydrogen-bond donors (Lipinski definition) is 2. The lowest BCUT2D eigenvalue weighted by Crippen LogP contribution is -2.35. The second-order valence-corrected chi connectivity index (χ2v) is 8.55. The first-order valence-electron chi connectivity index (χ1n) is 10.5. The van der Waals surface area contributed by atoms with E-state index in [1.807, 2.05) is 62.9 Å². The Morgan fingerprint density at radius 2 is 1.87 bits per heavy atom. The van der Waals surface area contributed by atoms with Crippen molar-refractivity contribution in [2.75, 3.05) is 14.1 Å². The second kappa shape index (κ2) is 7.63. The fourth-order valence-corrected chi connectivity index (χ4v) is 4.11. The quantitative estimate of drug-likeness (QED) is 0.501. The van der Waals surface area contributed by atoms with Crippen LogP contribution in [0.5, 0.6) is 0 Å². The average Bonchev–Trinajstić information content (AvgIpc) is 3.43. The van der Waals surface area contributed by atoms with Crippen LogP contribution in [0.1, 0.15) is 34.5 Å². The van der Waals surface area contributed by atoms with Gasteiger partial charge in [0, 0.05) is 29.9 Å². The van der Waals surface area contributed by atoms with Crippen LogP contribution in [-0.2, 0) is 12.1 Å². The lowest BCUT2D eigenvalue weighted by Gasteiger charge is -2.17. The molecule has 2 aromatic carbocycles. The highest BCUT2D eigenvalue weighted by Crippen LogP contribution is 2.45. The molecule has 4 aromatic rings. The van der Waals surface area contributed by atoms with Crippen molar-refractivity contribution >= 4 is 16.8 Å². The van der Waals surface area contributed by atoms with Crippen LogP contribution in [0.3, 0.4) is 0 Å². The van der Waals surface area contributed by atoms with Gasteiger partial charge < -0.3 is 10.2 Å². The van der Waals surface area contributed by atoms with Crippen molar-refractivity contribution in [1.82, 2.24) is 25.4 Å². The van der Waals surface area contributed by atoms with Gasteiger partial charge in [-0.25, -0.2) is 0 Å². The van der Waals surface area contributed by atoms with E-state index < -0.39 is 0 Å². The molecule has 0 unspecified atom stereocenters. The van der Waals surface area contributed by atoms with Crippen LogP contribution in [0.15, 0.2) is 67.0 Å². The number of nitrogens with zero attached hydrogens (tertiary/aromatic N) is 3. The van der Waals surface area contributed by atoms with Crippen LogP contribution >= 0.6 is 0 Å². The number of carbonyl (C=O) groups excluding carboxylic acids is 1. The van der Waals surface area contributed by atoms with Gasteiger partial charge in [0.2, 0.25) is 0 Å². The summed E-state index contributed by atoms with van der Waals surface area (Å²) in [6.45, 7) is 0.823. The van der Waals surface area contributed by atoms with Gasteiger partial charge in [0.1, 0.15) is 0 Å². The van der Waals surface area contributed by atoms with E-state index in [0.29, 0.717) is 5.69 Å². The summed E-state index contributed by atoms with van der Waals surface area (Å²) in [5.74, 6) is -0.149. The molecule has 1 saturated carbocycles. The zero-order valence-corrected chi connectivity index (χ0v) is 17.7. The maximum atomic E-state index is 13.2. The molecule has 0 bridgehead atoms. The van der Waals surface area contributed by atoms with E-state index in [9.17, 15) is 4.79 Å². The van der Waals surface area contributed by atoms with Crippen LogP contribution in [0.2, 0.25) is 0 Å². The molecule has 1 amide bonds. The topological polar surface area (TPSA) is 73.9 Å². The first-order chi connectivity index (χ1) is 15.0. The molecule has 0 aliphatic heterocycles. The van der Waals surface area contributed by atoms with E-state index in [1.165, 1.54) is 0 Å². The minimum atomic E-state index is -0.272. The Labute approximate surface area is 181 Å². The van der Waals surface area contributed by atoms with Gasteiger partial charge >= 0.3 is 0 Å². The van der Waals surface area contributed by atoms with Crippen LogP contribution in [0.4, 0.5) is 0 Å². The summed E-state index contributed by atoms with van der Waals surface area (Å²) in [5.41, 5.74) is 5.33. The van der Waals surface area contributed by atoms with Crippen molar-refractivity contribution in [3.63, 3.8) is 0 Å². The molecule has 1 aliphatic carbocycles. The maximum Gasteiger partial charge on any atom is 0.273 e. The van der Waals surface area contributed by atoms with Crippen molar-refractivity contribution in [2.24, 2.45) is 0 Å². The highest BCUT2D eigenvalue weighted by atomic mass is 16.2. The molecule has 5 rings (SSSR count). The van der Waals surface area contributed by atoms with Crippen molar-refractivity contribution in [3.8, 4) is 11.1 Å². The number of aromatic amines is 1. The number of nitrogens with one attached hydrogen (secondary N) is 2. The number of carbonyl (C=O) groups is 1. The molecule has 2 aromatic heterocycles. The van der Waals surface area contributed by atoms with E-state index in [1.54, 1.807) is 0 Å². The second-order valence-electron chi connectivity index (χ2n) is 8.55. The highest BCUT2D eigenvalue weighted by Gasteiger charge is 2.46. The lowest BCUT2D eigenvalue weighted by atomic mass is 10.0. The lowest BCUT2D eigenvalue weighted by molar-refractivity contribution is 0.0927. The first kappa shape index (κ1) is 19.5. The Hall–Kier alpha value is -3.51. The normalized spacial score (nSPS) is 14.7. The summed E-state index contributed by atoms with van der Waals surface area (Å²) in [5, 5.41) is 11.4. The number of rotatable bonds is 6. The summed E-state index contributed by atoms with van der Waals surface area (Å²) < 4.78 is 0. The van der Waals surface area contributed by atoms with Crippen molar-refractivity contribution in [3.05, 3.63) is 83.8 Å². The number of aromatic nitrogens is 3. The third kappa shape index (κ3) is 3.82. The summed E-state index contributed by atoms with van der Waals surface area (Å²) in [4.78, 5) is 19.7. The van der Waals surface area contributed by atoms with E-state index in [-0.39, 0.29) is 11.4 Å². The molecule has 0 saturated heterocycles. The minimum absolute atomic E-state index is 0.149. The predicted molar refractivity (Wildman–Crippen MR) is 122 cm³/mol. The van der Waals surface area contributed by atoms with Gasteiger partial charge in [-0.1, -0.05) is 36.4 Å². The van der Waals surface area contributed by atoms with Gasteiger partial charge in [-0.15, -0.1) is 0 Å². The standard InChI is InChI=1S/C25H25N5O/c1-30(2)16-17-12-19(15-26-14-17)18-8-9-22-21(13-18)23(29-28-22)24(31)27-25(10-11-25)20-6-4-3-5-7-20/h3-9,12-15H,10-11,16H2,1-2H3,(H,27,31)(H,28,29). The van der Waals surface area contributed by atoms with Gasteiger partial charge in [-0.3, -0.25) is 14.9 Å². The number of pyridine rings is 1. The molecule has 6 heteroatoms. The summed E-state index contributed by atoms with van der Waals surface area (Å²) in [6, 6.07) is 18.3. The molecule has 1 fully saturated rings. The Morgan fingerprint density at radius 1 is 1.06 bits per heavy atom. The van der Waals surface area contributed by atoms with Crippen molar-refractivity contribution in [2.45, 2.75) is 24.9 Å². The third-order valence-corrected chi connectivity index (χ3v) is 5.83. The van der Waals surface area contributed by atoms with Gasteiger partial charge in [0.25, 0.3) is 5.91 Å². The molecule has 0 spiro atoms. The highest BCUT2D eigenvalue weighted by molar-refractivity contribution is 6.06. The van der Waals surface area contributed by atoms with Gasteiger partial charge in [-0.2, -0.15) is 5.10 Å². The molecular formula is C25H25N5O. The number of benzene rings is 2. The van der Waals surface area contributed by atoms with E-state index >= 15 is 0 Å². The Kier molecular flexibility index (Phi) is 4.79. The summed E-state index contributed by atoms with van der Waals surface area (Å²) >= 11 is 0. The first-order valence-corrected chi connectivity index (χ1v) is 10.5. The molecule has 31 heavy (non-hydrogen) atoms. The largest absolute Gasteiger partial charge is 0.341 e. The molecule has 2 heterocycles. The zero-order valence-electron chi connectivity index (χ0n) is 17.7. The van der Waals surface area contributed by atoms with Crippen LogP contribution < -0.4 is 5.32 Å². The molecule has 1 aliphatic rings. The fraction of sp³-hybridized carbons (Fsp3) is 0.240. The van der Waals surface area contributed by atoms with Crippen LogP contribution in [-0.4, -0.2) is 40.1 Å². The number of amides is 1. The molecule has 156 valence electrons. The Morgan fingerprint density at radius 3 is 2.61 bits per heavy atom. The van der Waals surface area contributed by atoms with Crippen molar-refractivity contribution in [1.29, 1.82) is 0 Å². The SMILES string of the molecule is CN(C)Cc1cncc(-c2ccc3[nH]nc(C(=O)NC4(c5ccccc5)CC4)c3c2)c1. The van der Waals surface area contributed by atoms with Gasteiger partial charge in [0.05, 0.1) is 11.1 Å². The summed E-state index contributed by atoms with van der Waals surface area (Å²) in [6.07, 6.45) is 5.63. The number of H-pyrrole nitrogens is 1. The number of hydrogen-bond acceptors (Lipinski definition) is 4. The Balaban J connectivity index is 1.45. The Bertz CT molecular complexity index is 1240. The minimum Gasteiger partial charge on any atom is -0.341 e. The van der Waals surface area contributed by atoms with E-state index in [0.717, 1.165) is 52.5 Å². The smallest absolute Gasteiger partial charge is 0.273 e. The van der Waals surface area contributed by atoms with Crippen LogP contribution in [0, 0.1) is 0 Å². The van der Waals surface area contributed by atoms with Gasteiger partial charge in [0.15, 0.2) is 5.69 Å². The maximum absolute atomic E-state index is 13.2. The van der Waals surface area contributed by atoms with E-state index in [4.69, 9.17) is 0 Å². The predicted octanol–water partition coefficient (Wildman–Crippen LogP) is 4.11. The number of fused-ring (bicyclic) bond motifs is 1. The monoisotopic (exact) mass is 411 g/mol. The van der Waals surface area contributed by atoms with Gasteiger partial charge in [-0.05, 0) is 61.8 Å². The zero-order chi connectivity index (χ0) is 21.4. The molecule has 0 atom stereocenters. The summed E-state index contributed by atoms with van der Waals surface area (Å²) in [7, 11) is 4.08. The fourth-order valence-electron chi connectivity index (χ4n) is 4.11. The molecule has 2 N–H and O–H groups in total. The van der Waals surface area contributed by atoms with Crippen LogP contribution in [0.25, 0.3) is 22.0 Å². The van der Waals surface area contributed by atoms with Crippen molar-refractivity contribution < 1.29 is 4.79 Å². The van der Waals surface area contributed by atoms with E-state index in [2.05, 4.69) is 43.6 Å². The third-order valence-electron chi connectivity index (χ3n) is 5.83.